The van der Waals surface area contributed by atoms with Crippen LogP contribution in [-0.2, 0) is 11.3 Å². The predicted octanol–water partition coefficient (Wildman–Crippen LogP) is -0.270. The molecule has 3 N–H and O–H groups in total. The minimum absolute atomic E-state index is 0.0172. The summed E-state index contributed by atoms with van der Waals surface area (Å²) < 4.78 is 16.5. The second kappa shape index (κ2) is 8.20. The number of amides is 1. The van der Waals surface area contributed by atoms with Crippen molar-refractivity contribution in [3.05, 3.63) is 35.0 Å². The van der Waals surface area contributed by atoms with Crippen LogP contribution in [0.15, 0.2) is 26.3 Å². The molecule has 1 aliphatic rings. The normalized spacial score (nSPS) is 15.2. The second-order valence-corrected chi connectivity index (χ2v) is 6.31. The summed E-state index contributed by atoms with van der Waals surface area (Å²) in [5, 5.41) is 19.3. The summed E-state index contributed by atoms with van der Waals surface area (Å²) in [7, 11) is 0. The van der Waals surface area contributed by atoms with Crippen LogP contribution in [0.3, 0.4) is 0 Å². The summed E-state index contributed by atoms with van der Waals surface area (Å²) in [5.41, 5.74) is 8.78. The summed E-state index contributed by atoms with van der Waals surface area (Å²) in [5.74, 6) is 0.757. The molecule has 1 fully saturated rings. The number of morpholine rings is 1. The SMILES string of the molecule is Cc1ccc(/C=N/NC(=O)c2c(CN3CCOCC3)nnn2-c2nonc2N)o1. The molecule has 4 heterocycles. The third-order valence-electron chi connectivity index (χ3n) is 4.25. The van der Waals surface area contributed by atoms with E-state index in [1.54, 1.807) is 12.1 Å². The van der Waals surface area contributed by atoms with Gasteiger partial charge in [0.25, 0.3) is 5.91 Å². The molecule has 0 atom stereocenters. The molecule has 0 saturated carbocycles. The van der Waals surface area contributed by atoms with Crippen LogP contribution in [-0.4, -0.2) is 68.6 Å². The number of anilines is 1. The molecule has 3 aromatic heterocycles. The molecule has 0 spiro atoms. The molecule has 1 saturated heterocycles. The number of rotatable bonds is 6. The highest BCUT2D eigenvalue weighted by Gasteiger charge is 2.26. The maximum Gasteiger partial charge on any atom is 0.292 e. The Bertz CT molecular complexity index is 1020. The maximum absolute atomic E-state index is 12.9. The number of hydrogen-bond acceptors (Lipinski definition) is 11. The Morgan fingerprint density at radius 1 is 1.34 bits per heavy atom. The molecule has 3 aromatic rings. The van der Waals surface area contributed by atoms with Crippen molar-refractivity contribution >= 4 is 17.9 Å². The van der Waals surface area contributed by atoms with Gasteiger partial charge in [-0.2, -0.15) is 9.78 Å². The van der Waals surface area contributed by atoms with E-state index < -0.39 is 5.91 Å². The van der Waals surface area contributed by atoms with Crippen molar-refractivity contribution in [3.63, 3.8) is 0 Å². The van der Waals surface area contributed by atoms with Gasteiger partial charge in [-0.3, -0.25) is 9.69 Å². The van der Waals surface area contributed by atoms with E-state index in [9.17, 15) is 4.79 Å². The van der Waals surface area contributed by atoms with Gasteiger partial charge in [0, 0.05) is 19.6 Å². The van der Waals surface area contributed by atoms with E-state index in [1.807, 2.05) is 6.92 Å². The highest BCUT2D eigenvalue weighted by Crippen LogP contribution is 2.17. The highest BCUT2D eigenvalue weighted by atomic mass is 16.6. The molecule has 4 rings (SSSR count). The predicted molar refractivity (Wildman–Crippen MR) is 98.2 cm³/mol. The van der Waals surface area contributed by atoms with Gasteiger partial charge in [0.2, 0.25) is 11.6 Å². The van der Waals surface area contributed by atoms with E-state index >= 15 is 0 Å². The molecule has 0 aromatic carbocycles. The number of furan rings is 1. The second-order valence-electron chi connectivity index (χ2n) is 6.31. The van der Waals surface area contributed by atoms with Crippen LogP contribution >= 0.6 is 0 Å². The van der Waals surface area contributed by atoms with Crippen molar-refractivity contribution in [1.82, 2.24) is 35.6 Å². The fourth-order valence-corrected chi connectivity index (χ4v) is 2.83. The van der Waals surface area contributed by atoms with Crippen molar-refractivity contribution in [2.75, 3.05) is 32.0 Å². The molecule has 152 valence electrons. The van der Waals surface area contributed by atoms with E-state index in [0.717, 1.165) is 18.8 Å². The molecule has 0 bridgehead atoms. The van der Waals surface area contributed by atoms with Gasteiger partial charge in [-0.25, -0.2) is 10.1 Å². The van der Waals surface area contributed by atoms with Gasteiger partial charge in [0.05, 0.1) is 19.4 Å². The van der Waals surface area contributed by atoms with Gasteiger partial charge < -0.3 is 14.9 Å². The van der Waals surface area contributed by atoms with Crippen molar-refractivity contribution in [2.24, 2.45) is 5.10 Å². The minimum Gasteiger partial charge on any atom is -0.460 e. The first-order valence-electron chi connectivity index (χ1n) is 8.84. The largest absolute Gasteiger partial charge is 0.460 e. The quantitative estimate of drug-likeness (QED) is 0.415. The Labute approximate surface area is 164 Å². The third-order valence-corrected chi connectivity index (χ3v) is 4.25. The molecular formula is C16H19N9O4. The first kappa shape index (κ1) is 18.8. The van der Waals surface area contributed by atoms with Crippen LogP contribution in [0.1, 0.15) is 27.7 Å². The average molecular weight is 401 g/mol. The zero-order chi connectivity index (χ0) is 20.2. The topological polar surface area (TPSA) is 163 Å². The first-order chi connectivity index (χ1) is 14.1. The maximum atomic E-state index is 12.9. The smallest absolute Gasteiger partial charge is 0.292 e. The lowest BCUT2D eigenvalue weighted by atomic mass is 10.2. The number of aromatic nitrogens is 5. The van der Waals surface area contributed by atoms with E-state index in [0.29, 0.717) is 31.2 Å². The summed E-state index contributed by atoms with van der Waals surface area (Å²) in [6.07, 6.45) is 1.40. The van der Waals surface area contributed by atoms with Gasteiger partial charge >= 0.3 is 0 Å². The fourth-order valence-electron chi connectivity index (χ4n) is 2.83. The Hall–Kier alpha value is -3.58. The molecule has 29 heavy (non-hydrogen) atoms. The minimum atomic E-state index is -0.541. The monoisotopic (exact) mass is 401 g/mol. The molecule has 1 aliphatic heterocycles. The Kier molecular flexibility index (Phi) is 5.31. The molecule has 0 aliphatic carbocycles. The molecule has 1 amide bonds. The summed E-state index contributed by atoms with van der Waals surface area (Å²) in [6, 6.07) is 3.53. The number of nitrogens with one attached hydrogen (secondary N) is 1. The van der Waals surface area contributed by atoms with Crippen LogP contribution < -0.4 is 11.2 Å². The Morgan fingerprint density at radius 2 is 2.17 bits per heavy atom. The Balaban J connectivity index is 1.59. The molecule has 0 unspecified atom stereocenters. The van der Waals surface area contributed by atoms with Crippen molar-refractivity contribution in [1.29, 1.82) is 0 Å². The highest BCUT2D eigenvalue weighted by molar-refractivity contribution is 5.94. The van der Waals surface area contributed by atoms with Gasteiger partial charge in [0.15, 0.2) is 5.69 Å². The lowest BCUT2D eigenvalue weighted by Gasteiger charge is -2.25. The number of nitrogens with two attached hydrogens (primary N) is 1. The molecule has 13 heteroatoms. The zero-order valence-electron chi connectivity index (χ0n) is 15.6. The van der Waals surface area contributed by atoms with E-state index in [-0.39, 0.29) is 17.3 Å². The van der Waals surface area contributed by atoms with E-state index in [2.05, 4.69) is 40.7 Å². The van der Waals surface area contributed by atoms with Gasteiger partial charge in [0.1, 0.15) is 17.2 Å². The summed E-state index contributed by atoms with van der Waals surface area (Å²) in [6.45, 7) is 4.88. The summed E-state index contributed by atoms with van der Waals surface area (Å²) >= 11 is 0. The molecular weight excluding hydrogens is 382 g/mol. The van der Waals surface area contributed by atoms with Crippen LogP contribution in [0.4, 0.5) is 5.82 Å². The number of hydrazone groups is 1. The first-order valence-corrected chi connectivity index (χ1v) is 8.84. The van der Waals surface area contributed by atoms with Crippen molar-refractivity contribution in [3.8, 4) is 5.82 Å². The number of hydrogen-bond donors (Lipinski definition) is 2. The lowest BCUT2D eigenvalue weighted by Crippen LogP contribution is -2.36. The number of aryl methyl sites for hydroxylation is 1. The lowest BCUT2D eigenvalue weighted by molar-refractivity contribution is 0.0335. The fraction of sp³-hybridized carbons (Fsp3) is 0.375. The van der Waals surface area contributed by atoms with Crippen LogP contribution in [0.5, 0.6) is 0 Å². The number of carbonyl (C=O) groups is 1. The molecule has 0 radical (unpaired) electrons. The zero-order valence-corrected chi connectivity index (χ0v) is 15.6. The van der Waals surface area contributed by atoms with Gasteiger partial charge in [-0.15, -0.1) is 5.10 Å². The number of nitrogens with zero attached hydrogens (tertiary/aromatic N) is 7. The standard InChI is InChI=1S/C16H19N9O4/c1-10-2-3-11(28-10)8-18-20-16(26)13-12(9-24-4-6-27-7-5-24)19-23-25(13)15-14(17)21-29-22-15/h2-3,8H,4-7,9H2,1H3,(H2,17,21)(H,20,26)/b18-8+. The Morgan fingerprint density at radius 3 is 2.86 bits per heavy atom. The average Bonchev–Trinajstić information content (AvgIpc) is 3.43. The molecule has 13 nitrogen and oxygen atoms in total. The third kappa shape index (κ3) is 4.14. The van der Waals surface area contributed by atoms with Gasteiger partial charge in [-0.1, -0.05) is 5.21 Å². The van der Waals surface area contributed by atoms with Crippen molar-refractivity contribution < 1.29 is 18.6 Å². The van der Waals surface area contributed by atoms with E-state index in [1.165, 1.54) is 10.9 Å². The van der Waals surface area contributed by atoms with Crippen LogP contribution in [0.25, 0.3) is 5.82 Å². The number of carbonyl (C=O) groups excluding carboxylic acids is 1. The van der Waals surface area contributed by atoms with Crippen LogP contribution in [0, 0.1) is 6.92 Å². The summed E-state index contributed by atoms with van der Waals surface area (Å²) in [4.78, 5) is 15.0. The van der Waals surface area contributed by atoms with E-state index in [4.69, 9.17) is 14.9 Å². The van der Waals surface area contributed by atoms with Crippen molar-refractivity contribution in [2.45, 2.75) is 13.5 Å². The number of nitrogen functional groups attached to an aromatic ring is 1. The van der Waals surface area contributed by atoms with Crippen LogP contribution in [0.2, 0.25) is 0 Å². The number of ether oxygens (including phenoxy) is 1. The van der Waals surface area contributed by atoms with Gasteiger partial charge in [-0.05, 0) is 29.4 Å².